The van der Waals surface area contributed by atoms with Crippen molar-refractivity contribution in [1.29, 1.82) is 0 Å². The monoisotopic (exact) mass is 236 g/mol. The first kappa shape index (κ1) is 13.2. The molecule has 1 N–H and O–H groups in total. The number of aliphatic carboxylic acids is 1. The number of nitrogens with zero attached hydrogens (tertiary/aromatic N) is 2. The lowest BCUT2D eigenvalue weighted by atomic mass is 10.0. The van der Waals surface area contributed by atoms with Gasteiger partial charge in [0.25, 0.3) is 0 Å². The zero-order valence-electron chi connectivity index (χ0n) is 10.2. The number of hydrogen-bond donors (Lipinski definition) is 1. The van der Waals surface area contributed by atoms with Crippen molar-refractivity contribution in [2.24, 2.45) is 0 Å². The molecule has 0 radical (unpaired) electrons. The molecule has 0 aliphatic rings. The van der Waals surface area contributed by atoms with Crippen molar-refractivity contribution < 1.29 is 14.7 Å². The van der Waals surface area contributed by atoms with E-state index in [1.807, 2.05) is 0 Å². The van der Waals surface area contributed by atoms with E-state index in [9.17, 15) is 9.59 Å². The van der Waals surface area contributed by atoms with Gasteiger partial charge in [-0.15, -0.1) is 0 Å². The number of hydrogen-bond acceptors (Lipinski definition) is 3. The number of carbonyl (C=O) groups is 2. The summed E-state index contributed by atoms with van der Waals surface area (Å²) >= 11 is 0. The lowest BCUT2D eigenvalue weighted by molar-refractivity contribution is -0.155. The molecule has 0 saturated carbocycles. The minimum Gasteiger partial charge on any atom is -0.480 e. The van der Waals surface area contributed by atoms with Crippen LogP contribution in [0.3, 0.4) is 0 Å². The van der Waals surface area contributed by atoms with Gasteiger partial charge in [0, 0.05) is 19.4 Å². The smallest absolute Gasteiger partial charge is 0.329 e. The van der Waals surface area contributed by atoms with E-state index in [1.54, 1.807) is 24.5 Å². The number of amides is 1. The third kappa shape index (κ3) is 3.03. The third-order valence-electron chi connectivity index (χ3n) is 2.84. The maximum atomic E-state index is 11.9. The van der Waals surface area contributed by atoms with Crippen LogP contribution in [0.4, 0.5) is 0 Å². The van der Waals surface area contributed by atoms with Gasteiger partial charge in [-0.1, -0.05) is 0 Å². The highest BCUT2D eigenvalue weighted by Crippen LogP contribution is 2.14. The van der Waals surface area contributed by atoms with Gasteiger partial charge in [0.1, 0.15) is 5.54 Å². The number of aromatic nitrogens is 1. The first-order chi connectivity index (χ1) is 7.85. The van der Waals surface area contributed by atoms with Crippen molar-refractivity contribution in [2.75, 3.05) is 7.05 Å². The fourth-order valence-electron chi connectivity index (χ4n) is 1.25. The fourth-order valence-corrected chi connectivity index (χ4v) is 1.25. The Kier molecular flexibility index (Phi) is 3.83. The summed E-state index contributed by atoms with van der Waals surface area (Å²) in [6, 6.07) is 3.47. The van der Waals surface area contributed by atoms with E-state index in [1.165, 1.54) is 25.8 Å². The molecule has 17 heavy (non-hydrogen) atoms. The zero-order valence-corrected chi connectivity index (χ0v) is 10.2. The molecule has 0 unspecified atom stereocenters. The molecule has 1 rings (SSSR count). The Labute approximate surface area is 100 Å². The molecule has 0 atom stereocenters. The molecule has 5 nitrogen and oxygen atoms in total. The van der Waals surface area contributed by atoms with Crippen molar-refractivity contribution >= 4 is 11.9 Å². The summed E-state index contributed by atoms with van der Waals surface area (Å²) in [4.78, 5) is 28.0. The maximum Gasteiger partial charge on any atom is 0.329 e. The first-order valence-corrected chi connectivity index (χ1v) is 5.24. The van der Waals surface area contributed by atoms with Crippen molar-refractivity contribution in [1.82, 2.24) is 9.88 Å². The molecule has 1 aromatic rings. The van der Waals surface area contributed by atoms with E-state index in [2.05, 4.69) is 4.98 Å². The second-order valence-corrected chi connectivity index (χ2v) is 4.35. The van der Waals surface area contributed by atoms with Crippen molar-refractivity contribution in [3.05, 3.63) is 30.1 Å². The van der Waals surface area contributed by atoms with E-state index in [0.29, 0.717) is 0 Å². The number of carboxylic acids is 1. The average molecular weight is 236 g/mol. The predicted octanol–water partition coefficient (Wildman–Crippen LogP) is 0.946. The fraction of sp³-hybridized carbons (Fsp3) is 0.417. The number of rotatable bonds is 4. The molecule has 1 heterocycles. The van der Waals surface area contributed by atoms with Crippen LogP contribution < -0.4 is 0 Å². The molecule has 0 bridgehead atoms. The predicted molar refractivity (Wildman–Crippen MR) is 62.4 cm³/mol. The van der Waals surface area contributed by atoms with Crippen LogP contribution in [0.25, 0.3) is 0 Å². The van der Waals surface area contributed by atoms with E-state index < -0.39 is 11.5 Å². The molecule has 0 spiro atoms. The normalized spacial score (nSPS) is 11.0. The Morgan fingerprint density at radius 2 is 1.88 bits per heavy atom. The highest BCUT2D eigenvalue weighted by atomic mass is 16.4. The van der Waals surface area contributed by atoms with Gasteiger partial charge in [0.2, 0.25) is 5.91 Å². The second-order valence-electron chi connectivity index (χ2n) is 4.35. The molecule has 5 heteroatoms. The average Bonchev–Trinajstić information content (AvgIpc) is 2.29. The topological polar surface area (TPSA) is 70.5 Å². The Hall–Kier alpha value is -1.91. The molecule has 0 aliphatic heterocycles. The van der Waals surface area contributed by atoms with E-state index in [0.717, 1.165) is 5.56 Å². The van der Waals surface area contributed by atoms with Gasteiger partial charge in [-0.3, -0.25) is 9.78 Å². The van der Waals surface area contributed by atoms with Gasteiger partial charge >= 0.3 is 5.97 Å². The summed E-state index contributed by atoms with van der Waals surface area (Å²) in [6.07, 6.45) is 3.38. The van der Waals surface area contributed by atoms with E-state index >= 15 is 0 Å². The second kappa shape index (κ2) is 4.95. The molecule has 0 saturated heterocycles. The molecule has 0 aliphatic carbocycles. The van der Waals surface area contributed by atoms with Gasteiger partial charge in [0.15, 0.2) is 0 Å². The van der Waals surface area contributed by atoms with Gasteiger partial charge in [0.05, 0.1) is 6.42 Å². The van der Waals surface area contributed by atoms with Crippen LogP contribution in [-0.4, -0.2) is 39.5 Å². The van der Waals surface area contributed by atoms with Gasteiger partial charge in [-0.25, -0.2) is 4.79 Å². The van der Waals surface area contributed by atoms with Gasteiger partial charge in [-0.05, 0) is 31.5 Å². The third-order valence-corrected chi connectivity index (χ3v) is 2.84. The quantitative estimate of drug-likeness (QED) is 0.844. The van der Waals surface area contributed by atoms with Crippen LogP contribution in [-0.2, 0) is 16.0 Å². The highest BCUT2D eigenvalue weighted by molar-refractivity contribution is 5.87. The first-order valence-electron chi connectivity index (χ1n) is 5.24. The van der Waals surface area contributed by atoms with Crippen LogP contribution >= 0.6 is 0 Å². The van der Waals surface area contributed by atoms with Crippen molar-refractivity contribution in [2.45, 2.75) is 25.8 Å². The van der Waals surface area contributed by atoms with E-state index in [-0.39, 0.29) is 12.3 Å². The molecular formula is C12H16N2O3. The molecule has 1 amide bonds. The zero-order chi connectivity index (χ0) is 13.1. The van der Waals surface area contributed by atoms with E-state index in [4.69, 9.17) is 5.11 Å². The Morgan fingerprint density at radius 3 is 2.35 bits per heavy atom. The summed E-state index contributed by atoms with van der Waals surface area (Å²) in [5.74, 6) is -1.26. The lowest BCUT2D eigenvalue weighted by Gasteiger charge is -2.31. The van der Waals surface area contributed by atoms with Crippen molar-refractivity contribution in [3.8, 4) is 0 Å². The lowest BCUT2D eigenvalue weighted by Crippen LogP contribution is -2.51. The SMILES string of the molecule is CN(C(=O)Cc1ccncc1)C(C)(C)C(=O)O. The van der Waals surface area contributed by atoms with Crippen molar-refractivity contribution in [3.63, 3.8) is 0 Å². The molecule has 1 aromatic heterocycles. The molecule has 0 aromatic carbocycles. The van der Waals surface area contributed by atoms with Crippen LogP contribution in [0.5, 0.6) is 0 Å². The standard InChI is InChI=1S/C12H16N2O3/c1-12(2,11(16)17)14(3)10(15)8-9-4-6-13-7-5-9/h4-7H,8H2,1-3H3,(H,16,17). The van der Waals surface area contributed by atoms with Crippen LogP contribution in [0, 0.1) is 0 Å². The van der Waals surface area contributed by atoms with Gasteiger partial charge < -0.3 is 10.0 Å². The van der Waals surface area contributed by atoms with Gasteiger partial charge in [-0.2, -0.15) is 0 Å². The Bertz CT molecular complexity index is 415. The Morgan fingerprint density at radius 1 is 1.35 bits per heavy atom. The minimum absolute atomic E-state index is 0.176. The number of pyridine rings is 1. The number of carboxylic acid groups (broad SMARTS) is 1. The molecule has 0 fully saturated rings. The molecule has 92 valence electrons. The number of carbonyl (C=O) groups excluding carboxylic acids is 1. The largest absolute Gasteiger partial charge is 0.480 e. The summed E-state index contributed by atoms with van der Waals surface area (Å²) in [5, 5.41) is 9.02. The molecular weight excluding hydrogens is 220 g/mol. The summed E-state index contributed by atoms with van der Waals surface area (Å²) in [7, 11) is 1.50. The van der Waals surface area contributed by atoms with Crippen LogP contribution in [0.2, 0.25) is 0 Å². The minimum atomic E-state index is -1.20. The summed E-state index contributed by atoms with van der Waals surface area (Å²) in [6.45, 7) is 3.00. The van der Waals surface area contributed by atoms with Crippen LogP contribution in [0.1, 0.15) is 19.4 Å². The Balaban J connectivity index is 2.75. The maximum absolute atomic E-state index is 11.9. The van der Waals surface area contributed by atoms with Crippen LogP contribution in [0.15, 0.2) is 24.5 Å². The summed E-state index contributed by atoms with van der Waals surface area (Å²) < 4.78 is 0. The highest BCUT2D eigenvalue weighted by Gasteiger charge is 2.34. The number of likely N-dealkylation sites (N-methyl/N-ethyl adjacent to an activating group) is 1. The summed E-state index contributed by atoms with van der Waals surface area (Å²) in [5.41, 5.74) is -0.387.